The molecule has 1 N–H and O–H groups in total. The molecule has 0 saturated heterocycles. The smallest absolute Gasteiger partial charge is 0.337 e. The lowest BCUT2D eigenvalue weighted by atomic mass is 10.1. The Morgan fingerprint density at radius 2 is 1.81 bits per heavy atom. The molecule has 2 rings (SSSR count). The highest BCUT2D eigenvalue weighted by Crippen LogP contribution is 2.28. The molecule has 0 saturated carbocycles. The maximum absolute atomic E-state index is 11.1. The summed E-state index contributed by atoms with van der Waals surface area (Å²) in [6.45, 7) is 0. The van der Waals surface area contributed by atoms with Gasteiger partial charge in [0, 0.05) is 17.4 Å². The summed E-state index contributed by atoms with van der Waals surface area (Å²) in [4.78, 5) is 11.1. The lowest BCUT2D eigenvalue weighted by Crippen LogP contribution is -2.05. The molecule has 0 radical (unpaired) electrons. The number of aromatic nitrogens is 1. The summed E-state index contributed by atoms with van der Waals surface area (Å²) in [7, 11) is 0. The van der Waals surface area contributed by atoms with Crippen LogP contribution in [0.3, 0.4) is 0 Å². The number of nitrogens with zero attached hydrogens (tertiary/aromatic N) is 1. The van der Waals surface area contributed by atoms with Crippen LogP contribution in [0.4, 0.5) is 0 Å². The third kappa shape index (κ3) is 1.92. The number of hydrogen-bond donors (Lipinski definition) is 1. The van der Waals surface area contributed by atoms with Crippen molar-refractivity contribution in [3.05, 3.63) is 52.3 Å². The van der Waals surface area contributed by atoms with E-state index in [1.807, 2.05) is 0 Å². The molecule has 0 fully saturated rings. The third-order valence-corrected chi connectivity index (χ3v) is 2.63. The van der Waals surface area contributed by atoms with Crippen molar-refractivity contribution < 1.29 is 9.90 Å². The van der Waals surface area contributed by atoms with Gasteiger partial charge in [0.15, 0.2) is 0 Å². The summed E-state index contributed by atoms with van der Waals surface area (Å²) < 4.78 is 1.64. The molecule has 0 bridgehead atoms. The van der Waals surface area contributed by atoms with Gasteiger partial charge < -0.3 is 9.67 Å². The Kier molecular flexibility index (Phi) is 2.90. The summed E-state index contributed by atoms with van der Waals surface area (Å²) in [5, 5.41) is 9.69. The first-order chi connectivity index (χ1) is 7.59. The molecule has 0 aliphatic heterocycles. The summed E-state index contributed by atoms with van der Waals surface area (Å²) in [6.07, 6.45) is 3.45. The fourth-order valence-electron chi connectivity index (χ4n) is 1.48. The standard InChI is InChI=1S/C11H7Cl2NO2/c12-7-5-8(11(15)16)10(9(13)6-7)14-3-1-2-4-14/h1-6H,(H,15,16). The van der Waals surface area contributed by atoms with E-state index in [0.717, 1.165) is 0 Å². The first-order valence-electron chi connectivity index (χ1n) is 4.45. The minimum absolute atomic E-state index is 0.0775. The van der Waals surface area contributed by atoms with Gasteiger partial charge in [-0.25, -0.2) is 4.79 Å². The first kappa shape index (κ1) is 11.0. The molecule has 5 heteroatoms. The lowest BCUT2D eigenvalue weighted by Gasteiger charge is -2.10. The van der Waals surface area contributed by atoms with E-state index in [4.69, 9.17) is 28.3 Å². The predicted octanol–water partition coefficient (Wildman–Crippen LogP) is 3.48. The maximum atomic E-state index is 11.1. The molecule has 0 amide bonds. The highest BCUT2D eigenvalue weighted by Gasteiger charge is 2.15. The van der Waals surface area contributed by atoms with Crippen LogP contribution in [0.2, 0.25) is 10.0 Å². The van der Waals surface area contributed by atoms with Gasteiger partial charge in [0.25, 0.3) is 0 Å². The zero-order valence-electron chi connectivity index (χ0n) is 8.02. The van der Waals surface area contributed by atoms with Crippen molar-refractivity contribution in [1.82, 2.24) is 4.57 Å². The number of halogens is 2. The van der Waals surface area contributed by atoms with Crippen LogP contribution < -0.4 is 0 Å². The summed E-state index contributed by atoms with van der Waals surface area (Å²) >= 11 is 11.8. The predicted molar refractivity (Wildman–Crippen MR) is 62.7 cm³/mol. The van der Waals surface area contributed by atoms with Gasteiger partial charge in [-0.1, -0.05) is 23.2 Å². The van der Waals surface area contributed by atoms with Gasteiger partial charge in [-0.3, -0.25) is 0 Å². The number of benzene rings is 1. The molecule has 0 aliphatic carbocycles. The van der Waals surface area contributed by atoms with Crippen molar-refractivity contribution in [1.29, 1.82) is 0 Å². The Morgan fingerprint density at radius 3 is 2.38 bits per heavy atom. The van der Waals surface area contributed by atoms with Gasteiger partial charge in [-0.15, -0.1) is 0 Å². The molecule has 0 aliphatic rings. The maximum Gasteiger partial charge on any atom is 0.337 e. The van der Waals surface area contributed by atoms with Crippen molar-refractivity contribution in [3.8, 4) is 5.69 Å². The lowest BCUT2D eigenvalue weighted by molar-refractivity contribution is 0.0697. The normalized spacial score (nSPS) is 10.4. The molecule has 0 spiro atoms. The second-order valence-corrected chi connectivity index (χ2v) is 4.02. The van der Waals surface area contributed by atoms with E-state index < -0.39 is 5.97 Å². The molecule has 1 aromatic heterocycles. The molecule has 1 heterocycles. The van der Waals surface area contributed by atoms with Crippen LogP contribution in [-0.2, 0) is 0 Å². The Balaban J connectivity index is 2.72. The molecular weight excluding hydrogens is 249 g/mol. The van der Waals surface area contributed by atoms with E-state index in [2.05, 4.69) is 0 Å². The van der Waals surface area contributed by atoms with Crippen LogP contribution in [0.15, 0.2) is 36.7 Å². The number of rotatable bonds is 2. The SMILES string of the molecule is O=C(O)c1cc(Cl)cc(Cl)c1-n1cccc1. The van der Waals surface area contributed by atoms with Gasteiger partial charge in [-0.05, 0) is 24.3 Å². The highest BCUT2D eigenvalue weighted by atomic mass is 35.5. The van der Waals surface area contributed by atoms with Gasteiger partial charge in [0.2, 0.25) is 0 Å². The van der Waals surface area contributed by atoms with Gasteiger partial charge >= 0.3 is 5.97 Å². The van der Waals surface area contributed by atoms with E-state index in [9.17, 15) is 4.79 Å². The van der Waals surface area contributed by atoms with Crippen molar-refractivity contribution in [2.24, 2.45) is 0 Å². The van der Waals surface area contributed by atoms with Gasteiger partial charge in [0.05, 0.1) is 16.3 Å². The second kappa shape index (κ2) is 4.20. The average molecular weight is 256 g/mol. The van der Waals surface area contributed by atoms with Crippen molar-refractivity contribution in [3.63, 3.8) is 0 Å². The van der Waals surface area contributed by atoms with Crippen molar-refractivity contribution >= 4 is 29.2 Å². The minimum atomic E-state index is -1.06. The number of carbonyl (C=O) groups is 1. The van der Waals surface area contributed by atoms with E-state index in [1.165, 1.54) is 12.1 Å². The van der Waals surface area contributed by atoms with Crippen LogP contribution in [-0.4, -0.2) is 15.6 Å². The molecule has 1 aromatic carbocycles. The molecule has 2 aromatic rings. The Bertz CT molecular complexity index is 535. The quantitative estimate of drug-likeness (QED) is 0.893. The third-order valence-electron chi connectivity index (χ3n) is 2.12. The fraction of sp³-hybridized carbons (Fsp3) is 0. The summed E-state index contributed by atoms with van der Waals surface area (Å²) in [6, 6.07) is 6.48. The van der Waals surface area contributed by atoms with E-state index in [1.54, 1.807) is 29.1 Å². The zero-order valence-corrected chi connectivity index (χ0v) is 9.53. The number of hydrogen-bond acceptors (Lipinski definition) is 1. The van der Waals surface area contributed by atoms with Crippen LogP contribution >= 0.6 is 23.2 Å². The fourth-order valence-corrected chi connectivity index (χ4v) is 2.07. The summed E-state index contributed by atoms with van der Waals surface area (Å²) in [5.74, 6) is -1.06. The zero-order chi connectivity index (χ0) is 11.7. The van der Waals surface area contributed by atoms with Crippen molar-refractivity contribution in [2.45, 2.75) is 0 Å². The van der Waals surface area contributed by atoms with E-state index in [0.29, 0.717) is 15.7 Å². The number of aromatic carboxylic acids is 1. The topological polar surface area (TPSA) is 42.2 Å². The molecule has 82 valence electrons. The van der Waals surface area contributed by atoms with Crippen LogP contribution in [0, 0.1) is 0 Å². The summed E-state index contributed by atoms with van der Waals surface area (Å²) in [5.41, 5.74) is 0.497. The van der Waals surface area contributed by atoms with Gasteiger partial charge in [0.1, 0.15) is 0 Å². The molecule has 16 heavy (non-hydrogen) atoms. The van der Waals surface area contributed by atoms with E-state index >= 15 is 0 Å². The Morgan fingerprint density at radius 1 is 1.19 bits per heavy atom. The van der Waals surface area contributed by atoms with Gasteiger partial charge in [-0.2, -0.15) is 0 Å². The average Bonchev–Trinajstić information content (AvgIpc) is 2.69. The Hall–Kier alpha value is -1.45. The van der Waals surface area contributed by atoms with Crippen LogP contribution in [0.25, 0.3) is 5.69 Å². The number of carboxylic acids is 1. The van der Waals surface area contributed by atoms with Crippen LogP contribution in [0.1, 0.15) is 10.4 Å². The monoisotopic (exact) mass is 255 g/mol. The number of carboxylic acid groups (broad SMARTS) is 1. The largest absolute Gasteiger partial charge is 0.478 e. The minimum Gasteiger partial charge on any atom is -0.478 e. The Labute approximate surface area is 102 Å². The molecule has 0 unspecified atom stereocenters. The molecular formula is C11H7Cl2NO2. The second-order valence-electron chi connectivity index (χ2n) is 3.18. The van der Waals surface area contributed by atoms with Crippen LogP contribution in [0.5, 0.6) is 0 Å². The van der Waals surface area contributed by atoms with Crippen molar-refractivity contribution in [2.75, 3.05) is 0 Å². The van der Waals surface area contributed by atoms with E-state index in [-0.39, 0.29) is 5.56 Å². The molecule has 3 nitrogen and oxygen atoms in total. The molecule has 0 atom stereocenters. The first-order valence-corrected chi connectivity index (χ1v) is 5.21. The highest BCUT2D eigenvalue weighted by molar-refractivity contribution is 6.36.